The number of ether oxygens (including phenoxy) is 1. The number of nitrogens with zero attached hydrogens (tertiary/aromatic N) is 1. The molecule has 1 fully saturated rings. The molecule has 0 aliphatic carbocycles. The molecular weight excluding hydrogens is 336 g/mol. The zero-order valence-corrected chi connectivity index (χ0v) is 15.3. The van der Waals surface area contributed by atoms with Crippen LogP contribution in [-0.4, -0.2) is 41.3 Å². The lowest BCUT2D eigenvalue weighted by Gasteiger charge is -2.28. The third kappa shape index (κ3) is 4.81. The number of benzene rings is 2. The Bertz CT molecular complexity index is 798. The molecule has 5 nitrogen and oxygen atoms in total. The van der Waals surface area contributed by atoms with Crippen LogP contribution in [0, 0.1) is 6.92 Å². The summed E-state index contributed by atoms with van der Waals surface area (Å²) in [5.41, 5.74) is 3.23. The molecule has 0 radical (unpaired) electrons. The van der Waals surface area contributed by atoms with Gasteiger partial charge in [-0.2, -0.15) is 0 Å². The number of aryl methyl sites for hydroxylation is 1. The molecule has 2 aromatic rings. The Hall–Kier alpha value is -1.89. The zero-order valence-electron chi connectivity index (χ0n) is 14.4. The van der Waals surface area contributed by atoms with Gasteiger partial charge in [0.05, 0.1) is 18.1 Å². The molecule has 25 heavy (non-hydrogen) atoms. The van der Waals surface area contributed by atoms with Crippen LogP contribution in [0.4, 0.5) is 5.69 Å². The second-order valence-electron chi connectivity index (χ2n) is 6.23. The predicted octanol–water partition coefficient (Wildman–Crippen LogP) is 2.35. The monoisotopic (exact) mass is 360 g/mol. The Kier molecular flexibility index (Phi) is 5.73. The van der Waals surface area contributed by atoms with Crippen molar-refractivity contribution < 1.29 is 13.2 Å². The first-order valence-electron chi connectivity index (χ1n) is 8.52. The third-order valence-corrected chi connectivity index (χ3v) is 5.78. The van der Waals surface area contributed by atoms with E-state index in [4.69, 9.17) is 4.74 Å². The van der Waals surface area contributed by atoms with Gasteiger partial charge in [-0.1, -0.05) is 24.3 Å². The van der Waals surface area contributed by atoms with Gasteiger partial charge < -0.3 is 9.64 Å². The van der Waals surface area contributed by atoms with Gasteiger partial charge >= 0.3 is 0 Å². The van der Waals surface area contributed by atoms with Crippen LogP contribution in [0.25, 0.3) is 0 Å². The number of nitrogens with one attached hydrogen (secondary N) is 1. The third-order valence-electron chi connectivity index (χ3n) is 4.32. The van der Waals surface area contributed by atoms with E-state index >= 15 is 0 Å². The molecule has 1 aliphatic rings. The Balaban J connectivity index is 1.55. The Labute approximate surface area is 149 Å². The first kappa shape index (κ1) is 17.9. The van der Waals surface area contributed by atoms with Crippen LogP contribution in [0.2, 0.25) is 0 Å². The summed E-state index contributed by atoms with van der Waals surface area (Å²) in [7, 11) is -3.45. The van der Waals surface area contributed by atoms with Gasteiger partial charge in [-0.25, -0.2) is 13.1 Å². The van der Waals surface area contributed by atoms with Crippen molar-refractivity contribution in [3.05, 3.63) is 59.7 Å². The summed E-state index contributed by atoms with van der Waals surface area (Å²) in [6.45, 7) is 5.62. The Morgan fingerprint density at radius 1 is 1.08 bits per heavy atom. The van der Waals surface area contributed by atoms with Gasteiger partial charge in [-0.05, 0) is 48.7 Å². The highest BCUT2D eigenvalue weighted by molar-refractivity contribution is 7.89. The van der Waals surface area contributed by atoms with Gasteiger partial charge in [0.2, 0.25) is 10.0 Å². The second-order valence-corrected chi connectivity index (χ2v) is 8.00. The first-order valence-corrected chi connectivity index (χ1v) is 10.0. The molecule has 1 saturated heterocycles. The number of rotatable bonds is 6. The largest absolute Gasteiger partial charge is 0.378 e. The molecule has 1 heterocycles. The number of sulfonamides is 1. The summed E-state index contributed by atoms with van der Waals surface area (Å²) in [4.78, 5) is 2.61. The average molecular weight is 360 g/mol. The molecule has 0 saturated carbocycles. The van der Waals surface area contributed by atoms with E-state index < -0.39 is 10.0 Å². The van der Waals surface area contributed by atoms with Crippen molar-refractivity contribution in [1.82, 2.24) is 4.72 Å². The van der Waals surface area contributed by atoms with Crippen molar-refractivity contribution in [2.75, 3.05) is 37.7 Å². The lowest BCUT2D eigenvalue weighted by molar-refractivity contribution is 0.122. The van der Waals surface area contributed by atoms with E-state index in [0.29, 0.717) is 17.9 Å². The van der Waals surface area contributed by atoms with E-state index in [-0.39, 0.29) is 0 Å². The molecule has 0 aromatic heterocycles. The van der Waals surface area contributed by atoms with Gasteiger partial charge in [0, 0.05) is 25.3 Å². The average Bonchev–Trinajstić information content (AvgIpc) is 2.63. The second kappa shape index (κ2) is 7.99. The summed E-state index contributed by atoms with van der Waals surface area (Å²) >= 11 is 0. The Morgan fingerprint density at radius 2 is 1.80 bits per heavy atom. The fourth-order valence-corrected chi connectivity index (χ4v) is 4.03. The van der Waals surface area contributed by atoms with E-state index in [1.54, 1.807) is 18.2 Å². The smallest absolute Gasteiger partial charge is 0.240 e. The van der Waals surface area contributed by atoms with Gasteiger partial charge in [0.15, 0.2) is 0 Å². The van der Waals surface area contributed by atoms with Crippen molar-refractivity contribution in [3.8, 4) is 0 Å². The van der Waals surface area contributed by atoms with Gasteiger partial charge in [-0.15, -0.1) is 0 Å². The van der Waals surface area contributed by atoms with Crippen LogP contribution in [0.15, 0.2) is 53.4 Å². The molecular formula is C19H24N2O3S. The van der Waals surface area contributed by atoms with E-state index in [1.165, 1.54) is 5.69 Å². The van der Waals surface area contributed by atoms with E-state index in [9.17, 15) is 8.42 Å². The Morgan fingerprint density at radius 3 is 2.48 bits per heavy atom. The lowest BCUT2D eigenvalue weighted by atomic mass is 10.1. The fourth-order valence-electron chi connectivity index (χ4n) is 2.89. The summed E-state index contributed by atoms with van der Waals surface area (Å²) in [6, 6.07) is 15.2. The molecule has 0 spiro atoms. The highest BCUT2D eigenvalue weighted by Gasteiger charge is 2.13. The molecule has 134 valence electrons. The summed E-state index contributed by atoms with van der Waals surface area (Å²) in [6.07, 6.45) is 0.661. The number of hydrogen-bond acceptors (Lipinski definition) is 4. The van der Waals surface area contributed by atoms with Crippen molar-refractivity contribution >= 4 is 15.7 Å². The maximum Gasteiger partial charge on any atom is 0.240 e. The van der Waals surface area contributed by atoms with E-state index in [1.807, 2.05) is 13.0 Å². The van der Waals surface area contributed by atoms with Crippen molar-refractivity contribution in [2.45, 2.75) is 18.2 Å². The number of hydrogen-bond donors (Lipinski definition) is 1. The van der Waals surface area contributed by atoms with E-state index in [0.717, 1.165) is 37.4 Å². The molecule has 0 amide bonds. The zero-order chi connectivity index (χ0) is 17.7. The summed E-state index contributed by atoms with van der Waals surface area (Å²) in [5.74, 6) is 0. The lowest BCUT2D eigenvalue weighted by Crippen LogP contribution is -2.36. The fraction of sp³-hybridized carbons (Fsp3) is 0.368. The SMILES string of the molecule is Cc1cccc(S(=O)(=O)NCCc2ccc(N3CCOCC3)cc2)c1. The molecule has 6 heteroatoms. The molecule has 2 aromatic carbocycles. The van der Waals surface area contributed by atoms with E-state index in [2.05, 4.69) is 33.9 Å². The standard InChI is InChI=1S/C19H24N2O3S/c1-16-3-2-4-19(15-16)25(22,23)20-10-9-17-5-7-18(8-6-17)21-11-13-24-14-12-21/h2-8,15,20H,9-14H2,1H3. The van der Waals surface area contributed by atoms with Crippen LogP contribution in [-0.2, 0) is 21.2 Å². The molecule has 3 rings (SSSR count). The topological polar surface area (TPSA) is 58.6 Å². The minimum absolute atomic E-state index is 0.315. The minimum atomic E-state index is -3.45. The van der Waals surface area contributed by atoms with Crippen LogP contribution in [0.3, 0.4) is 0 Å². The minimum Gasteiger partial charge on any atom is -0.378 e. The van der Waals surface area contributed by atoms with Crippen molar-refractivity contribution in [3.63, 3.8) is 0 Å². The van der Waals surface area contributed by atoms with Crippen LogP contribution in [0.1, 0.15) is 11.1 Å². The highest BCUT2D eigenvalue weighted by Crippen LogP contribution is 2.17. The molecule has 0 unspecified atom stereocenters. The van der Waals surface area contributed by atoms with Crippen molar-refractivity contribution in [1.29, 1.82) is 0 Å². The molecule has 0 bridgehead atoms. The van der Waals surface area contributed by atoms with Crippen LogP contribution >= 0.6 is 0 Å². The normalized spacial score (nSPS) is 15.3. The number of morpholine rings is 1. The van der Waals surface area contributed by atoms with Gasteiger partial charge in [0.1, 0.15) is 0 Å². The highest BCUT2D eigenvalue weighted by atomic mass is 32.2. The quantitative estimate of drug-likeness (QED) is 0.859. The van der Waals surface area contributed by atoms with Crippen molar-refractivity contribution in [2.24, 2.45) is 0 Å². The van der Waals surface area contributed by atoms with Gasteiger partial charge in [-0.3, -0.25) is 0 Å². The first-order chi connectivity index (χ1) is 12.0. The molecule has 1 N–H and O–H groups in total. The number of anilines is 1. The summed E-state index contributed by atoms with van der Waals surface area (Å²) in [5, 5.41) is 0. The van der Waals surface area contributed by atoms with Gasteiger partial charge in [0.25, 0.3) is 0 Å². The maximum atomic E-state index is 12.3. The molecule has 1 aliphatic heterocycles. The van der Waals surface area contributed by atoms with Crippen LogP contribution in [0.5, 0.6) is 0 Å². The maximum absolute atomic E-state index is 12.3. The summed E-state index contributed by atoms with van der Waals surface area (Å²) < 4.78 is 32.7. The predicted molar refractivity (Wildman–Crippen MR) is 99.5 cm³/mol. The van der Waals surface area contributed by atoms with Crippen LogP contribution < -0.4 is 9.62 Å². The molecule has 0 atom stereocenters.